The Balaban J connectivity index is 1.45. The van der Waals surface area contributed by atoms with E-state index >= 15 is 0 Å². The number of esters is 1. The molecule has 4 aliphatic rings. The first kappa shape index (κ1) is 22.4. The molecule has 0 aromatic heterocycles. The molecule has 1 spiro atoms. The Kier molecular flexibility index (Phi) is 5.45. The average molecular weight is 491 g/mol. The minimum atomic E-state index is -0.870. The Labute approximate surface area is 207 Å². The van der Waals surface area contributed by atoms with Crippen LogP contribution in [-0.2, 0) is 19.1 Å². The molecule has 7 nitrogen and oxygen atoms in total. The number of benzene rings is 2. The predicted octanol–water partition coefficient (Wildman–Crippen LogP) is 2.54. The Hall–Kier alpha value is -3.10. The molecule has 8 heteroatoms. The number of rotatable bonds is 4. The maximum atomic E-state index is 14.3. The van der Waals surface area contributed by atoms with Crippen LogP contribution < -0.4 is 4.90 Å². The zero-order valence-corrected chi connectivity index (χ0v) is 19.9. The van der Waals surface area contributed by atoms with E-state index in [0.29, 0.717) is 13.0 Å². The highest BCUT2D eigenvalue weighted by atomic mass is 32.2. The number of aliphatic hydroxyl groups is 1. The lowest BCUT2D eigenvalue weighted by Crippen LogP contribution is -2.53. The summed E-state index contributed by atoms with van der Waals surface area (Å²) >= 11 is 1.52. The Bertz CT molecular complexity index is 1280. The first-order chi connectivity index (χ1) is 17.0. The maximum Gasteiger partial charge on any atom is 0.311 e. The third kappa shape index (κ3) is 3.34. The lowest BCUT2D eigenvalue weighted by atomic mass is 9.78. The normalized spacial score (nSPS) is 31.7. The molecule has 2 amide bonds. The van der Waals surface area contributed by atoms with Crippen molar-refractivity contribution in [3.8, 4) is 0 Å². The highest BCUT2D eigenvalue weighted by molar-refractivity contribution is 8.02. The van der Waals surface area contributed by atoms with E-state index in [0.717, 1.165) is 16.5 Å². The second-order valence-corrected chi connectivity index (χ2v) is 10.9. The molecule has 2 aromatic rings. The largest absolute Gasteiger partial charge is 0.461 e. The quantitative estimate of drug-likeness (QED) is 0.524. The van der Waals surface area contributed by atoms with Gasteiger partial charge in [0, 0.05) is 30.6 Å². The van der Waals surface area contributed by atoms with E-state index in [2.05, 4.69) is 0 Å². The maximum absolute atomic E-state index is 14.3. The van der Waals surface area contributed by atoms with E-state index in [1.165, 1.54) is 11.8 Å². The number of hydrogen-bond acceptors (Lipinski definition) is 6. The zero-order chi connectivity index (χ0) is 24.2. The Morgan fingerprint density at radius 1 is 1.06 bits per heavy atom. The third-order valence-electron chi connectivity index (χ3n) is 7.52. The molecule has 1 N–H and O–H groups in total. The zero-order valence-electron chi connectivity index (χ0n) is 19.1. The number of nitrogens with zero attached hydrogens (tertiary/aromatic N) is 2. The fourth-order valence-corrected chi connectivity index (χ4v) is 8.03. The molecular formula is C27H26N2O5S. The summed E-state index contributed by atoms with van der Waals surface area (Å²) in [5, 5.41) is 11.4. The summed E-state index contributed by atoms with van der Waals surface area (Å²) in [4.78, 5) is 44.4. The number of anilines is 1. The lowest BCUT2D eigenvalue weighted by Gasteiger charge is -2.35. The van der Waals surface area contributed by atoms with Gasteiger partial charge in [0.1, 0.15) is 12.6 Å². The van der Waals surface area contributed by atoms with E-state index in [4.69, 9.17) is 4.74 Å². The fourth-order valence-electron chi connectivity index (χ4n) is 6.03. The second-order valence-electron chi connectivity index (χ2n) is 9.39. The topological polar surface area (TPSA) is 87.2 Å². The van der Waals surface area contributed by atoms with Crippen molar-refractivity contribution in [2.75, 3.05) is 31.2 Å². The van der Waals surface area contributed by atoms with Crippen molar-refractivity contribution in [3.05, 3.63) is 66.8 Å². The van der Waals surface area contributed by atoms with Crippen molar-refractivity contribution in [1.82, 2.24) is 4.90 Å². The molecular weight excluding hydrogens is 464 g/mol. The van der Waals surface area contributed by atoms with Crippen molar-refractivity contribution < 1.29 is 24.2 Å². The molecule has 0 saturated carbocycles. The summed E-state index contributed by atoms with van der Waals surface area (Å²) in [6, 6.07) is 13.1. The van der Waals surface area contributed by atoms with E-state index in [9.17, 15) is 19.5 Å². The molecule has 0 aliphatic carbocycles. The van der Waals surface area contributed by atoms with Gasteiger partial charge in [0.25, 0.3) is 5.91 Å². The first-order valence-corrected chi connectivity index (χ1v) is 12.8. The number of cyclic esters (lactones) is 1. The summed E-state index contributed by atoms with van der Waals surface area (Å²) in [5.41, 5.74) is 0.768. The second kappa shape index (κ2) is 8.53. The highest BCUT2D eigenvalue weighted by Crippen LogP contribution is 2.61. The number of thioether (sulfide) groups is 1. The number of carbonyl (C=O) groups excluding carboxylic acids is 3. The number of ether oxygens (including phenoxy) is 1. The van der Waals surface area contributed by atoms with Crippen molar-refractivity contribution in [1.29, 1.82) is 0 Å². The molecule has 35 heavy (non-hydrogen) atoms. The van der Waals surface area contributed by atoms with Crippen molar-refractivity contribution in [3.63, 3.8) is 0 Å². The van der Waals surface area contributed by atoms with Crippen LogP contribution in [0.2, 0.25) is 0 Å². The van der Waals surface area contributed by atoms with Gasteiger partial charge in [-0.3, -0.25) is 14.4 Å². The van der Waals surface area contributed by atoms with E-state index in [-0.39, 0.29) is 42.8 Å². The monoisotopic (exact) mass is 490 g/mol. The Morgan fingerprint density at radius 3 is 2.71 bits per heavy atom. The SMILES string of the molecule is O=C1OCC=C[C@H]2S[C@]34C=CCN(c5ccc6ccccc6c5)C(=O)C3N(CCCO)C(=O)[C@@H]4[C@@H]12. The lowest BCUT2D eigenvalue weighted by molar-refractivity contribution is -0.151. The van der Waals surface area contributed by atoms with Gasteiger partial charge in [-0.15, -0.1) is 11.8 Å². The number of amides is 2. The smallest absolute Gasteiger partial charge is 0.311 e. The molecule has 0 bridgehead atoms. The first-order valence-electron chi connectivity index (χ1n) is 12.0. The van der Waals surface area contributed by atoms with Crippen LogP contribution in [-0.4, -0.2) is 70.1 Å². The minimum Gasteiger partial charge on any atom is -0.461 e. The summed E-state index contributed by atoms with van der Waals surface area (Å²) in [6.45, 7) is 0.742. The van der Waals surface area contributed by atoms with Crippen LogP contribution >= 0.6 is 11.8 Å². The molecule has 2 fully saturated rings. The van der Waals surface area contributed by atoms with Crippen LogP contribution in [0.4, 0.5) is 5.69 Å². The van der Waals surface area contributed by atoms with Gasteiger partial charge in [-0.05, 0) is 29.3 Å². The molecule has 6 rings (SSSR count). The molecule has 180 valence electrons. The minimum absolute atomic E-state index is 0.0867. The summed E-state index contributed by atoms with van der Waals surface area (Å²) in [7, 11) is 0. The molecule has 1 unspecified atom stereocenters. The number of hydrogen-bond donors (Lipinski definition) is 1. The van der Waals surface area contributed by atoms with Gasteiger partial charge in [-0.1, -0.05) is 54.6 Å². The molecule has 0 radical (unpaired) electrons. The number of likely N-dealkylation sites (tertiary alicyclic amines) is 1. The van der Waals surface area contributed by atoms with Crippen LogP contribution in [0.5, 0.6) is 0 Å². The molecule has 5 atom stereocenters. The van der Waals surface area contributed by atoms with E-state index < -0.39 is 22.6 Å². The molecule has 4 heterocycles. The standard InChI is InChI=1S/C27H26N2O5S/c30-14-5-13-29-23-25(32)28(19-10-9-17-6-1-2-7-18(17)16-19)12-4-11-27(23)22(24(29)31)21-20(35-27)8-3-15-34-26(21)33/h1-4,6-11,16,20-23,30H,5,12-15H2/t20-,21+,22+,23?,27+/m1/s1. The van der Waals surface area contributed by atoms with Gasteiger partial charge in [-0.2, -0.15) is 0 Å². The van der Waals surface area contributed by atoms with Gasteiger partial charge in [-0.25, -0.2) is 0 Å². The number of fused-ring (bicyclic) bond motifs is 3. The molecule has 2 saturated heterocycles. The van der Waals surface area contributed by atoms with Crippen molar-refractivity contribution in [2.24, 2.45) is 11.8 Å². The predicted molar refractivity (Wildman–Crippen MR) is 134 cm³/mol. The van der Waals surface area contributed by atoms with Gasteiger partial charge < -0.3 is 19.6 Å². The molecule has 2 aromatic carbocycles. The van der Waals surface area contributed by atoms with Gasteiger partial charge in [0.15, 0.2) is 0 Å². The summed E-state index contributed by atoms with van der Waals surface area (Å²) in [5.74, 6) is -2.10. The van der Waals surface area contributed by atoms with E-state index in [1.807, 2.05) is 66.8 Å². The summed E-state index contributed by atoms with van der Waals surface area (Å²) < 4.78 is 4.52. The van der Waals surface area contributed by atoms with Crippen LogP contribution in [0.15, 0.2) is 66.8 Å². The van der Waals surface area contributed by atoms with Crippen LogP contribution in [0.3, 0.4) is 0 Å². The van der Waals surface area contributed by atoms with Crippen LogP contribution in [0.1, 0.15) is 6.42 Å². The molecule has 4 aliphatic heterocycles. The van der Waals surface area contributed by atoms with Crippen molar-refractivity contribution in [2.45, 2.75) is 22.5 Å². The van der Waals surface area contributed by atoms with Gasteiger partial charge in [0.2, 0.25) is 5.91 Å². The average Bonchev–Trinajstić information content (AvgIpc) is 3.16. The van der Waals surface area contributed by atoms with Gasteiger partial charge >= 0.3 is 5.97 Å². The fraction of sp³-hybridized carbons (Fsp3) is 0.370. The van der Waals surface area contributed by atoms with Crippen LogP contribution in [0, 0.1) is 11.8 Å². The highest BCUT2D eigenvalue weighted by Gasteiger charge is 2.71. The van der Waals surface area contributed by atoms with Gasteiger partial charge in [0.05, 0.1) is 16.6 Å². The third-order valence-corrected chi connectivity index (χ3v) is 9.26. The van der Waals surface area contributed by atoms with Crippen molar-refractivity contribution >= 4 is 46.0 Å². The van der Waals surface area contributed by atoms with E-state index in [1.54, 1.807) is 9.80 Å². The number of aliphatic hydroxyl groups excluding tert-OH is 1. The van der Waals surface area contributed by atoms with Crippen LogP contribution in [0.25, 0.3) is 10.8 Å². The Morgan fingerprint density at radius 2 is 1.89 bits per heavy atom. The summed E-state index contributed by atoms with van der Waals surface area (Å²) in [6.07, 6.45) is 8.07. The number of carbonyl (C=O) groups is 3.